The summed E-state index contributed by atoms with van der Waals surface area (Å²) in [5.41, 5.74) is 2.84. The lowest BCUT2D eigenvalue weighted by Crippen LogP contribution is -2.22. The summed E-state index contributed by atoms with van der Waals surface area (Å²) in [7, 11) is 0. The van der Waals surface area contributed by atoms with Crippen LogP contribution in [0.2, 0.25) is 0 Å². The van der Waals surface area contributed by atoms with E-state index in [1.807, 2.05) is 57.2 Å². The highest BCUT2D eigenvalue weighted by atomic mass is 32.2. The second kappa shape index (κ2) is 9.21. The molecule has 2 amide bonds. The van der Waals surface area contributed by atoms with Crippen molar-refractivity contribution >= 4 is 55.9 Å². The van der Waals surface area contributed by atoms with Crippen LogP contribution in [0, 0.1) is 6.92 Å². The highest BCUT2D eigenvalue weighted by molar-refractivity contribution is 8.00. The van der Waals surface area contributed by atoms with Crippen LogP contribution in [0.5, 0.6) is 0 Å². The Kier molecular flexibility index (Phi) is 6.70. The van der Waals surface area contributed by atoms with Crippen molar-refractivity contribution < 1.29 is 9.59 Å². The van der Waals surface area contributed by atoms with E-state index in [4.69, 9.17) is 0 Å². The van der Waals surface area contributed by atoms with E-state index in [9.17, 15) is 9.59 Å². The number of anilines is 2. The molecule has 5 nitrogen and oxygen atoms in total. The second-order valence-electron chi connectivity index (χ2n) is 6.56. The van der Waals surface area contributed by atoms with E-state index >= 15 is 0 Å². The number of carbonyl (C=O) groups excluding carboxylic acids is 2. The maximum atomic E-state index is 12.5. The van der Waals surface area contributed by atoms with Gasteiger partial charge in [-0.15, -0.1) is 11.8 Å². The van der Waals surface area contributed by atoms with E-state index in [-0.39, 0.29) is 17.1 Å². The van der Waals surface area contributed by atoms with Crippen LogP contribution in [0.25, 0.3) is 10.2 Å². The second-order valence-corrected chi connectivity index (χ2v) is 9.01. The third kappa shape index (κ3) is 5.33. The van der Waals surface area contributed by atoms with Gasteiger partial charge in [-0.2, -0.15) is 0 Å². The van der Waals surface area contributed by atoms with Crippen LogP contribution in [0.1, 0.15) is 32.3 Å². The number of carbonyl (C=O) groups is 2. The van der Waals surface area contributed by atoms with Crippen molar-refractivity contribution in [3.8, 4) is 0 Å². The van der Waals surface area contributed by atoms with Gasteiger partial charge in [-0.25, -0.2) is 4.98 Å². The number of hydrogen-bond donors (Lipinski definition) is 2. The molecule has 0 aliphatic heterocycles. The van der Waals surface area contributed by atoms with Crippen LogP contribution in [-0.4, -0.2) is 22.0 Å². The highest BCUT2D eigenvalue weighted by Crippen LogP contribution is 2.29. The molecule has 1 unspecified atom stereocenters. The Morgan fingerprint density at radius 3 is 2.61 bits per heavy atom. The first-order chi connectivity index (χ1) is 13.4. The molecular formula is C21H23N3O2S2. The molecule has 2 aromatic carbocycles. The summed E-state index contributed by atoms with van der Waals surface area (Å²) in [6, 6.07) is 13.6. The molecule has 1 aromatic heterocycles. The number of nitrogens with zero attached hydrogens (tertiary/aromatic N) is 1. The molecule has 0 fully saturated rings. The molecular weight excluding hydrogens is 390 g/mol. The smallest absolute Gasteiger partial charge is 0.239 e. The first-order valence-electron chi connectivity index (χ1n) is 9.19. The summed E-state index contributed by atoms with van der Waals surface area (Å²) in [6.45, 7) is 5.88. The summed E-state index contributed by atoms with van der Waals surface area (Å²) in [5.74, 6) is -0.0669. The van der Waals surface area contributed by atoms with Crippen LogP contribution < -0.4 is 10.6 Å². The van der Waals surface area contributed by atoms with Crippen molar-refractivity contribution in [3.63, 3.8) is 0 Å². The standard InChI is InChI=1S/C21H23N3O2S2/c1-4-5-19(25)22-15-7-9-16(10-8-15)27-14(3)20(26)24-21-23-17-11-6-13(2)12-18(17)28-21/h6-12,14H,4-5H2,1-3H3,(H,22,25)(H,23,24,26). The summed E-state index contributed by atoms with van der Waals surface area (Å²) >= 11 is 2.95. The van der Waals surface area contributed by atoms with Gasteiger partial charge in [0.2, 0.25) is 11.8 Å². The fourth-order valence-electron chi connectivity index (χ4n) is 2.62. The largest absolute Gasteiger partial charge is 0.326 e. The van der Waals surface area contributed by atoms with Gasteiger partial charge >= 0.3 is 0 Å². The first-order valence-corrected chi connectivity index (χ1v) is 10.9. The predicted molar refractivity (Wildman–Crippen MR) is 118 cm³/mol. The fourth-order valence-corrected chi connectivity index (χ4v) is 4.45. The van der Waals surface area contributed by atoms with Gasteiger partial charge in [0.05, 0.1) is 15.5 Å². The van der Waals surface area contributed by atoms with E-state index in [2.05, 4.69) is 21.7 Å². The van der Waals surface area contributed by atoms with E-state index in [1.54, 1.807) is 0 Å². The molecule has 0 aliphatic carbocycles. The van der Waals surface area contributed by atoms with Crippen molar-refractivity contribution in [1.29, 1.82) is 0 Å². The number of benzene rings is 2. The number of thioether (sulfide) groups is 1. The zero-order valence-electron chi connectivity index (χ0n) is 16.1. The Morgan fingerprint density at radius 2 is 1.89 bits per heavy atom. The molecule has 0 spiro atoms. The van der Waals surface area contributed by atoms with Crippen LogP contribution in [0.4, 0.5) is 10.8 Å². The van der Waals surface area contributed by atoms with E-state index < -0.39 is 0 Å². The molecule has 0 saturated heterocycles. The van der Waals surface area contributed by atoms with Gasteiger partial charge in [0.1, 0.15) is 0 Å². The lowest BCUT2D eigenvalue weighted by atomic mass is 10.2. The van der Waals surface area contributed by atoms with Gasteiger partial charge < -0.3 is 10.6 Å². The summed E-state index contributed by atoms with van der Waals surface area (Å²) in [4.78, 5) is 29.6. The average Bonchev–Trinajstić information content (AvgIpc) is 3.04. The van der Waals surface area contributed by atoms with Crippen molar-refractivity contribution in [2.75, 3.05) is 10.6 Å². The maximum Gasteiger partial charge on any atom is 0.239 e. The van der Waals surface area contributed by atoms with Gasteiger partial charge in [0.15, 0.2) is 5.13 Å². The lowest BCUT2D eigenvalue weighted by molar-refractivity contribution is -0.116. The Bertz CT molecular complexity index is 983. The van der Waals surface area contributed by atoms with E-state index in [0.717, 1.165) is 27.2 Å². The zero-order valence-corrected chi connectivity index (χ0v) is 17.7. The molecule has 28 heavy (non-hydrogen) atoms. The molecule has 1 heterocycles. The normalized spacial score (nSPS) is 12.0. The van der Waals surface area contributed by atoms with Gasteiger partial charge in [0, 0.05) is 17.0 Å². The van der Waals surface area contributed by atoms with Crippen LogP contribution in [-0.2, 0) is 9.59 Å². The van der Waals surface area contributed by atoms with Crippen molar-refractivity contribution in [2.45, 2.75) is 43.8 Å². The van der Waals surface area contributed by atoms with Gasteiger partial charge in [-0.3, -0.25) is 9.59 Å². The summed E-state index contributed by atoms with van der Waals surface area (Å²) in [6.07, 6.45) is 1.33. The van der Waals surface area contributed by atoms with Crippen LogP contribution >= 0.6 is 23.1 Å². The summed E-state index contributed by atoms with van der Waals surface area (Å²) < 4.78 is 1.07. The predicted octanol–water partition coefficient (Wildman–Crippen LogP) is 5.46. The first kappa shape index (κ1) is 20.4. The monoisotopic (exact) mass is 413 g/mol. The molecule has 3 rings (SSSR count). The Balaban J connectivity index is 1.58. The quantitative estimate of drug-likeness (QED) is 0.504. The van der Waals surface area contributed by atoms with Crippen molar-refractivity contribution in [3.05, 3.63) is 48.0 Å². The highest BCUT2D eigenvalue weighted by Gasteiger charge is 2.16. The number of hydrogen-bond acceptors (Lipinski definition) is 5. The molecule has 7 heteroatoms. The molecule has 0 radical (unpaired) electrons. The number of aromatic nitrogens is 1. The maximum absolute atomic E-state index is 12.5. The molecule has 2 N–H and O–H groups in total. The third-order valence-corrected chi connectivity index (χ3v) is 6.12. The average molecular weight is 414 g/mol. The fraction of sp³-hybridized carbons (Fsp3) is 0.286. The Hall–Kier alpha value is -2.38. The van der Waals surface area contributed by atoms with Crippen molar-refractivity contribution in [2.24, 2.45) is 0 Å². The number of thiazole rings is 1. The number of aryl methyl sites for hydroxylation is 1. The minimum Gasteiger partial charge on any atom is -0.326 e. The number of amides is 2. The number of nitrogens with one attached hydrogen (secondary N) is 2. The minimum absolute atomic E-state index is 0.0154. The van der Waals surface area contributed by atoms with E-state index in [1.165, 1.54) is 28.7 Å². The molecule has 0 saturated carbocycles. The van der Waals surface area contributed by atoms with Gasteiger partial charge in [-0.1, -0.05) is 24.3 Å². The van der Waals surface area contributed by atoms with Crippen LogP contribution in [0.3, 0.4) is 0 Å². The molecule has 146 valence electrons. The topological polar surface area (TPSA) is 71.1 Å². The minimum atomic E-state index is -0.269. The zero-order chi connectivity index (χ0) is 20.1. The molecule has 3 aromatic rings. The molecule has 0 aliphatic rings. The Morgan fingerprint density at radius 1 is 1.14 bits per heavy atom. The lowest BCUT2D eigenvalue weighted by Gasteiger charge is -2.11. The third-order valence-electron chi connectivity index (χ3n) is 4.07. The van der Waals surface area contributed by atoms with Crippen molar-refractivity contribution in [1.82, 2.24) is 4.98 Å². The number of rotatable bonds is 7. The van der Waals surface area contributed by atoms with Gasteiger partial charge in [-0.05, 0) is 62.2 Å². The molecule has 0 bridgehead atoms. The molecule has 1 atom stereocenters. The number of fused-ring (bicyclic) bond motifs is 1. The van der Waals surface area contributed by atoms with Gasteiger partial charge in [0.25, 0.3) is 0 Å². The van der Waals surface area contributed by atoms with Crippen LogP contribution in [0.15, 0.2) is 47.4 Å². The summed E-state index contributed by atoms with van der Waals surface area (Å²) in [5, 5.41) is 6.12. The Labute approximate surface area is 172 Å². The SMILES string of the molecule is CCCC(=O)Nc1ccc(SC(C)C(=O)Nc2nc3ccc(C)cc3s2)cc1. The van der Waals surface area contributed by atoms with E-state index in [0.29, 0.717) is 11.6 Å².